The molecule has 1 aromatic heterocycles. The standard InChI is InChI=1S/C78H86BN3O/c1-47-23-18-20-25-61(47)81(62-26-21-19-24-48(62)2)51-41-66-71-67(42-51)82(63-27-22-28-68-70(63)52-31-29-49(72(3,4)5)39-69(52)83-68)65-46-58-56(76(12,13)36-38-78(58,16)17)44-60(65)79(71)59-43-55-57(77(14,15)37-35-75(55,10)11)45-64(59)80(66)50-30-32-53-54(40-50)74(8,9)34-33-73(53,6)7/h18-32,39-46H,33-38H2,1-17H3. The maximum atomic E-state index is 7.07. The molecule has 2 aliphatic heterocycles. The Kier molecular flexibility index (Phi) is 11.6. The van der Waals surface area contributed by atoms with Gasteiger partial charge in [0.25, 0.3) is 6.71 Å². The van der Waals surface area contributed by atoms with Gasteiger partial charge in [0, 0.05) is 45.2 Å². The number of fused-ring (bicyclic) bond motifs is 10. The van der Waals surface area contributed by atoms with Crippen LogP contribution in [0.2, 0.25) is 0 Å². The first-order valence-corrected chi connectivity index (χ1v) is 31.2. The number of para-hydroxylation sites is 2. The lowest BCUT2D eigenvalue weighted by atomic mass is 9.32. The molecule has 0 bridgehead atoms. The molecular weight excluding hydrogens is 1010 g/mol. The van der Waals surface area contributed by atoms with Gasteiger partial charge in [-0.1, -0.05) is 177 Å². The van der Waals surface area contributed by atoms with Gasteiger partial charge in [-0.2, -0.15) is 0 Å². The van der Waals surface area contributed by atoms with E-state index in [4.69, 9.17) is 4.42 Å². The van der Waals surface area contributed by atoms with Gasteiger partial charge in [-0.3, -0.25) is 0 Å². The molecule has 3 heterocycles. The van der Waals surface area contributed by atoms with Gasteiger partial charge in [0.05, 0.1) is 16.8 Å². The topological polar surface area (TPSA) is 22.9 Å². The van der Waals surface area contributed by atoms with Crippen LogP contribution >= 0.6 is 0 Å². The highest BCUT2D eigenvalue weighted by Gasteiger charge is 2.50. The molecule has 14 rings (SSSR count). The van der Waals surface area contributed by atoms with Crippen molar-refractivity contribution in [2.75, 3.05) is 14.7 Å². The molecule has 5 heteroatoms. The summed E-state index contributed by atoms with van der Waals surface area (Å²) in [5.74, 6) is 0. The summed E-state index contributed by atoms with van der Waals surface area (Å²) in [6.45, 7) is 41.3. The van der Waals surface area contributed by atoms with E-state index in [1.807, 2.05) is 0 Å². The second kappa shape index (κ2) is 17.8. The van der Waals surface area contributed by atoms with E-state index in [2.05, 4.69) is 272 Å². The summed E-state index contributed by atoms with van der Waals surface area (Å²) in [7, 11) is 0. The minimum atomic E-state index is -0.0724. The zero-order valence-electron chi connectivity index (χ0n) is 52.8. The Balaban J connectivity index is 1.18. The first-order chi connectivity index (χ1) is 39.1. The molecule has 4 nitrogen and oxygen atoms in total. The molecule has 0 radical (unpaired) electrons. The third-order valence-corrected chi connectivity index (χ3v) is 21.6. The third kappa shape index (κ3) is 8.12. The van der Waals surface area contributed by atoms with Crippen LogP contribution in [0.1, 0.15) is 192 Å². The second-order valence-electron chi connectivity index (χ2n) is 31.1. The van der Waals surface area contributed by atoms with Crippen molar-refractivity contribution in [1.29, 1.82) is 0 Å². The monoisotopic (exact) mass is 1090 g/mol. The molecule has 422 valence electrons. The maximum Gasteiger partial charge on any atom is 0.252 e. The van der Waals surface area contributed by atoms with Crippen LogP contribution in [-0.2, 0) is 37.9 Å². The molecule has 9 aromatic rings. The highest BCUT2D eigenvalue weighted by atomic mass is 16.3. The summed E-state index contributed by atoms with van der Waals surface area (Å²) < 4.78 is 7.07. The molecule has 5 aliphatic rings. The van der Waals surface area contributed by atoms with Gasteiger partial charge in [-0.15, -0.1) is 0 Å². The molecular formula is C78H86BN3O. The van der Waals surface area contributed by atoms with E-state index in [1.54, 1.807) is 0 Å². The fourth-order valence-electron chi connectivity index (χ4n) is 16.0. The molecule has 3 aliphatic carbocycles. The van der Waals surface area contributed by atoms with Gasteiger partial charge in [-0.25, -0.2) is 0 Å². The molecule has 0 spiro atoms. The van der Waals surface area contributed by atoms with E-state index < -0.39 is 0 Å². The molecule has 8 aromatic carbocycles. The van der Waals surface area contributed by atoms with Crippen LogP contribution in [0.25, 0.3) is 21.9 Å². The normalized spacial score (nSPS) is 19.1. The second-order valence-corrected chi connectivity index (χ2v) is 31.1. The van der Waals surface area contributed by atoms with E-state index in [1.165, 1.54) is 113 Å². The largest absolute Gasteiger partial charge is 0.456 e. The zero-order chi connectivity index (χ0) is 58.5. The van der Waals surface area contributed by atoms with Crippen LogP contribution in [0, 0.1) is 13.8 Å². The summed E-state index contributed by atoms with van der Waals surface area (Å²) in [4.78, 5) is 8.02. The average Bonchev–Trinajstić information content (AvgIpc) is 2.44. The highest BCUT2D eigenvalue weighted by Crippen LogP contribution is 2.57. The van der Waals surface area contributed by atoms with Crippen LogP contribution in [0.5, 0.6) is 0 Å². The van der Waals surface area contributed by atoms with Gasteiger partial charge in [-0.05, 0) is 223 Å². The number of nitrogens with zero attached hydrogens (tertiary/aromatic N) is 3. The Hall–Kier alpha value is -6.98. The maximum absolute atomic E-state index is 7.07. The van der Waals surface area contributed by atoms with Crippen molar-refractivity contribution in [1.82, 2.24) is 0 Å². The van der Waals surface area contributed by atoms with Crippen molar-refractivity contribution in [3.8, 4) is 0 Å². The van der Waals surface area contributed by atoms with Crippen molar-refractivity contribution in [3.05, 3.63) is 190 Å². The van der Waals surface area contributed by atoms with Crippen LogP contribution < -0.4 is 31.1 Å². The minimum Gasteiger partial charge on any atom is -0.456 e. The van der Waals surface area contributed by atoms with Gasteiger partial charge in [0.15, 0.2) is 0 Å². The lowest BCUT2D eigenvalue weighted by Gasteiger charge is -2.49. The van der Waals surface area contributed by atoms with Crippen molar-refractivity contribution in [2.45, 2.75) is 194 Å². The van der Waals surface area contributed by atoms with Gasteiger partial charge >= 0.3 is 0 Å². The minimum absolute atomic E-state index is 0.00304. The molecule has 0 atom stereocenters. The smallest absolute Gasteiger partial charge is 0.252 e. The Bertz CT molecular complexity index is 4160. The average molecular weight is 1090 g/mol. The highest BCUT2D eigenvalue weighted by molar-refractivity contribution is 7.00. The van der Waals surface area contributed by atoms with E-state index >= 15 is 0 Å². The van der Waals surface area contributed by atoms with E-state index in [0.29, 0.717) is 0 Å². The third-order valence-electron chi connectivity index (χ3n) is 21.6. The number of rotatable bonds is 5. The summed E-state index contributed by atoms with van der Waals surface area (Å²) >= 11 is 0. The molecule has 83 heavy (non-hydrogen) atoms. The Morgan fingerprint density at radius 3 is 1.41 bits per heavy atom. The molecule has 0 saturated heterocycles. The summed E-state index contributed by atoms with van der Waals surface area (Å²) in [5.41, 5.74) is 29.4. The van der Waals surface area contributed by atoms with Gasteiger partial charge in [0.1, 0.15) is 11.2 Å². The number of furan rings is 1. The Morgan fingerprint density at radius 1 is 0.422 bits per heavy atom. The van der Waals surface area contributed by atoms with Crippen molar-refractivity contribution >= 4 is 96.2 Å². The van der Waals surface area contributed by atoms with E-state index in [0.717, 1.165) is 65.4 Å². The fourth-order valence-corrected chi connectivity index (χ4v) is 16.0. The fraction of sp³-hybridized carbons (Fsp3) is 0.385. The number of hydrogen-bond acceptors (Lipinski definition) is 4. The molecule has 0 fully saturated rings. The van der Waals surface area contributed by atoms with Crippen LogP contribution in [0.15, 0.2) is 144 Å². The predicted octanol–water partition coefficient (Wildman–Crippen LogP) is 20.1. The summed E-state index contributed by atoms with van der Waals surface area (Å²) in [5, 5.41) is 2.28. The van der Waals surface area contributed by atoms with Crippen LogP contribution in [0.3, 0.4) is 0 Å². The SMILES string of the molecule is Cc1ccccc1N(c1cc2c3c(c1)N(c1cccc4oc5cc(C(C)(C)C)ccc5c14)c1cc4c(cc1B3c1cc3c(cc1N2c1ccc2c(c1)C(C)(C)CCC2(C)C)C(C)(C)CCC3(C)C)C(C)(C)CCC4(C)C)c1ccccc1C. The quantitative estimate of drug-likeness (QED) is 0.160. The van der Waals surface area contributed by atoms with E-state index in [9.17, 15) is 0 Å². The summed E-state index contributed by atoms with van der Waals surface area (Å²) in [6, 6.07) is 55.3. The van der Waals surface area contributed by atoms with Crippen LogP contribution in [-0.4, -0.2) is 6.71 Å². The van der Waals surface area contributed by atoms with Crippen LogP contribution in [0.4, 0.5) is 51.2 Å². The number of aryl methyl sites for hydroxylation is 2. The number of hydrogen-bond donors (Lipinski definition) is 0. The van der Waals surface area contributed by atoms with Gasteiger partial charge in [0.2, 0.25) is 0 Å². The number of anilines is 9. The zero-order valence-corrected chi connectivity index (χ0v) is 52.8. The van der Waals surface area contributed by atoms with Gasteiger partial charge < -0.3 is 19.1 Å². The first kappa shape index (κ1) is 54.0. The molecule has 0 saturated carbocycles. The molecule has 0 unspecified atom stereocenters. The molecule has 0 amide bonds. The van der Waals surface area contributed by atoms with Crippen molar-refractivity contribution in [3.63, 3.8) is 0 Å². The Morgan fingerprint density at radius 2 is 0.892 bits per heavy atom. The number of benzene rings is 8. The van der Waals surface area contributed by atoms with E-state index in [-0.39, 0.29) is 44.6 Å². The van der Waals surface area contributed by atoms with Crippen molar-refractivity contribution < 1.29 is 4.42 Å². The Labute approximate surface area is 496 Å². The first-order valence-electron chi connectivity index (χ1n) is 31.2. The summed E-state index contributed by atoms with van der Waals surface area (Å²) in [6.07, 6.45) is 6.88. The predicted molar refractivity (Wildman–Crippen MR) is 356 cm³/mol. The van der Waals surface area contributed by atoms with Crippen molar-refractivity contribution in [2.24, 2.45) is 0 Å². The lowest BCUT2D eigenvalue weighted by molar-refractivity contribution is 0.332. The molecule has 0 N–H and O–H groups in total. The lowest BCUT2D eigenvalue weighted by Crippen LogP contribution is -2.62.